The zero-order valence-electron chi connectivity index (χ0n) is 12.8. The Morgan fingerprint density at radius 2 is 2.05 bits per heavy atom. The zero-order valence-corrected chi connectivity index (χ0v) is 13.6. The normalized spacial score (nSPS) is 10.7. The fraction of sp³-hybridized carbons (Fsp3) is 0.375. The number of carbonyl (C=O) groups excluding carboxylic acids is 1. The van der Waals surface area contributed by atoms with Crippen LogP contribution in [0.15, 0.2) is 24.3 Å². The molecule has 1 aromatic carbocycles. The Kier molecular flexibility index (Phi) is 4.96. The first-order valence-electron chi connectivity index (χ1n) is 6.94. The largest absolute Gasteiger partial charge is 0.489 e. The van der Waals surface area contributed by atoms with Crippen LogP contribution in [0.2, 0.25) is 0 Å². The number of amides is 1. The molecule has 0 aliphatic carbocycles. The first kappa shape index (κ1) is 15.5. The summed E-state index contributed by atoms with van der Waals surface area (Å²) in [4.78, 5) is 17.5. The molecule has 0 unspecified atom stereocenters. The topological polar surface area (TPSA) is 51.2 Å². The number of aryl methyl sites for hydroxylation is 2. The van der Waals surface area contributed by atoms with E-state index in [1.54, 1.807) is 11.3 Å². The maximum absolute atomic E-state index is 12.2. The average molecular weight is 304 g/mol. The number of carbonyl (C=O) groups is 1. The molecule has 2 rings (SSSR count). The van der Waals surface area contributed by atoms with Crippen molar-refractivity contribution in [1.29, 1.82) is 0 Å². The molecule has 1 N–H and O–H groups in total. The van der Waals surface area contributed by atoms with Gasteiger partial charge in [-0.25, -0.2) is 4.98 Å². The Morgan fingerprint density at radius 3 is 2.67 bits per heavy atom. The quantitative estimate of drug-likeness (QED) is 0.915. The Labute approximate surface area is 129 Å². The van der Waals surface area contributed by atoms with Crippen LogP contribution in [0.5, 0.6) is 5.75 Å². The molecule has 0 fully saturated rings. The molecular weight excluding hydrogens is 284 g/mol. The third kappa shape index (κ3) is 4.29. The average Bonchev–Trinajstić information content (AvgIpc) is 2.69. The Balaban J connectivity index is 2.07. The van der Waals surface area contributed by atoms with Crippen molar-refractivity contribution < 1.29 is 9.53 Å². The summed E-state index contributed by atoms with van der Waals surface area (Å²) in [7, 11) is 0. The van der Waals surface area contributed by atoms with Crippen molar-refractivity contribution in [3.05, 3.63) is 39.8 Å². The predicted molar refractivity (Wildman–Crippen MR) is 86.1 cm³/mol. The Hall–Kier alpha value is -1.88. The minimum atomic E-state index is -0.0541. The summed E-state index contributed by atoms with van der Waals surface area (Å²) in [6.45, 7) is 7.80. The fourth-order valence-corrected chi connectivity index (χ4v) is 2.94. The van der Waals surface area contributed by atoms with Gasteiger partial charge in [-0.1, -0.05) is 12.1 Å². The van der Waals surface area contributed by atoms with E-state index < -0.39 is 0 Å². The lowest BCUT2D eigenvalue weighted by Crippen LogP contribution is -2.16. The van der Waals surface area contributed by atoms with Gasteiger partial charge in [0.2, 0.25) is 5.91 Å². The summed E-state index contributed by atoms with van der Waals surface area (Å²) in [6, 6.07) is 7.48. The van der Waals surface area contributed by atoms with Gasteiger partial charge >= 0.3 is 0 Å². The van der Waals surface area contributed by atoms with Crippen molar-refractivity contribution in [1.82, 2.24) is 4.98 Å². The SMILES string of the molecule is Cc1nc(C)c(CC(=O)Nc2ccccc2OC(C)C)s1. The summed E-state index contributed by atoms with van der Waals surface area (Å²) in [5.74, 6) is 0.639. The van der Waals surface area contributed by atoms with Gasteiger partial charge < -0.3 is 10.1 Å². The summed E-state index contributed by atoms with van der Waals surface area (Å²) in [5.41, 5.74) is 1.63. The van der Waals surface area contributed by atoms with Gasteiger partial charge in [0.05, 0.1) is 28.9 Å². The van der Waals surface area contributed by atoms with E-state index in [1.807, 2.05) is 52.0 Å². The molecule has 0 radical (unpaired) electrons. The maximum atomic E-state index is 12.2. The van der Waals surface area contributed by atoms with E-state index in [2.05, 4.69) is 10.3 Å². The van der Waals surface area contributed by atoms with Crippen molar-refractivity contribution in [3.8, 4) is 5.75 Å². The van der Waals surface area contributed by atoms with Crippen LogP contribution in [0, 0.1) is 13.8 Å². The zero-order chi connectivity index (χ0) is 15.4. The molecule has 0 aliphatic rings. The number of anilines is 1. The number of nitrogens with zero attached hydrogens (tertiary/aromatic N) is 1. The number of thiazole rings is 1. The molecule has 0 spiro atoms. The number of para-hydroxylation sites is 2. The van der Waals surface area contributed by atoms with Crippen molar-refractivity contribution in [3.63, 3.8) is 0 Å². The first-order chi connectivity index (χ1) is 9.95. The van der Waals surface area contributed by atoms with Gasteiger partial charge in [-0.05, 0) is 39.8 Å². The molecular formula is C16H20N2O2S. The lowest BCUT2D eigenvalue weighted by molar-refractivity contribution is -0.115. The van der Waals surface area contributed by atoms with Crippen LogP contribution < -0.4 is 10.1 Å². The minimum Gasteiger partial charge on any atom is -0.489 e. The standard InChI is InChI=1S/C16H20N2O2S/c1-10(2)20-14-8-6-5-7-13(14)18-16(19)9-15-11(3)17-12(4)21-15/h5-8,10H,9H2,1-4H3,(H,18,19). The third-order valence-corrected chi connectivity index (χ3v) is 3.92. The van der Waals surface area contributed by atoms with E-state index in [0.29, 0.717) is 17.9 Å². The van der Waals surface area contributed by atoms with Gasteiger partial charge in [-0.3, -0.25) is 4.79 Å². The molecule has 112 valence electrons. The van der Waals surface area contributed by atoms with Crippen LogP contribution in [-0.4, -0.2) is 17.0 Å². The van der Waals surface area contributed by atoms with Gasteiger partial charge in [-0.15, -0.1) is 11.3 Å². The van der Waals surface area contributed by atoms with Gasteiger partial charge in [0.1, 0.15) is 5.75 Å². The first-order valence-corrected chi connectivity index (χ1v) is 7.76. The van der Waals surface area contributed by atoms with E-state index in [9.17, 15) is 4.79 Å². The van der Waals surface area contributed by atoms with Crippen LogP contribution in [-0.2, 0) is 11.2 Å². The van der Waals surface area contributed by atoms with Crippen molar-refractivity contribution in [2.45, 2.75) is 40.2 Å². The van der Waals surface area contributed by atoms with Gasteiger partial charge in [0.15, 0.2) is 0 Å². The summed E-state index contributed by atoms with van der Waals surface area (Å²) in [5, 5.41) is 3.90. The number of rotatable bonds is 5. The molecule has 0 bridgehead atoms. The summed E-state index contributed by atoms with van der Waals surface area (Å²) < 4.78 is 5.70. The van der Waals surface area contributed by atoms with Crippen LogP contribution in [0.1, 0.15) is 29.4 Å². The monoisotopic (exact) mass is 304 g/mol. The highest BCUT2D eigenvalue weighted by atomic mass is 32.1. The Bertz CT molecular complexity index is 635. The fourth-order valence-electron chi connectivity index (χ4n) is 2.00. The van der Waals surface area contributed by atoms with Crippen molar-refractivity contribution in [2.75, 3.05) is 5.32 Å². The highest BCUT2D eigenvalue weighted by Crippen LogP contribution is 2.25. The van der Waals surface area contributed by atoms with Crippen LogP contribution >= 0.6 is 11.3 Å². The second-order valence-electron chi connectivity index (χ2n) is 5.13. The second kappa shape index (κ2) is 6.72. The lowest BCUT2D eigenvalue weighted by atomic mass is 10.2. The number of ether oxygens (including phenoxy) is 1. The molecule has 4 nitrogen and oxygen atoms in total. The molecule has 2 aromatic rings. The molecule has 21 heavy (non-hydrogen) atoms. The summed E-state index contributed by atoms with van der Waals surface area (Å²) >= 11 is 1.56. The third-order valence-electron chi connectivity index (χ3n) is 2.84. The number of hydrogen-bond acceptors (Lipinski definition) is 4. The van der Waals surface area contributed by atoms with Crippen molar-refractivity contribution >= 4 is 22.9 Å². The van der Waals surface area contributed by atoms with Crippen LogP contribution in [0.4, 0.5) is 5.69 Å². The van der Waals surface area contributed by atoms with E-state index >= 15 is 0 Å². The van der Waals surface area contributed by atoms with E-state index in [-0.39, 0.29) is 12.0 Å². The Morgan fingerprint density at radius 1 is 1.33 bits per heavy atom. The molecule has 0 saturated carbocycles. The molecule has 1 heterocycles. The molecule has 0 aliphatic heterocycles. The number of benzene rings is 1. The van der Waals surface area contributed by atoms with Gasteiger partial charge in [0.25, 0.3) is 0 Å². The molecule has 5 heteroatoms. The summed E-state index contributed by atoms with van der Waals surface area (Å²) in [6.07, 6.45) is 0.405. The van der Waals surface area contributed by atoms with Crippen molar-refractivity contribution in [2.24, 2.45) is 0 Å². The number of hydrogen-bond donors (Lipinski definition) is 1. The highest BCUT2D eigenvalue weighted by molar-refractivity contribution is 7.11. The van der Waals surface area contributed by atoms with E-state index in [0.717, 1.165) is 15.6 Å². The number of nitrogens with one attached hydrogen (secondary N) is 1. The highest BCUT2D eigenvalue weighted by Gasteiger charge is 2.12. The smallest absolute Gasteiger partial charge is 0.229 e. The van der Waals surface area contributed by atoms with E-state index in [4.69, 9.17) is 4.74 Å². The van der Waals surface area contributed by atoms with Crippen LogP contribution in [0.25, 0.3) is 0 Å². The maximum Gasteiger partial charge on any atom is 0.229 e. The minimum absolute atomic E-state index is 0.0541. The lowest BCUT2D eigenvalue weighted by Gasteiger charge is -2.14. The van der Waals surface area contributed by atoms with Crippen LogP contribution in [0.3, 0.4) is 0 Å². The molecule has 0 atom stereocenters. The predicted octanol–water partition coefficient (Wildman–Crippen LogP) is 3.73. The molecule has 1 aromatic heterocycles. The second-order valence-corrected chi connectivity index (χ2v) is 6.42. The number of aromatic nitrogens is 1. The van der Waals surface area contributed by atoms with Gasteiger partial charge in [-0.2, -0.15) is 0 Å². The molecule has 1 amide bonds. The van der Waals surface area contributed by atoms with E-state index in [1.165, 1.54) is 0 Å². The van der Waals surface area contributed by atoms with Gasteiger partial charge in [0, 0.05) is 4.88 Å². The molecule has 0 saturated heterocycles.